The van der Waals surface area contributed by atoms with Gasteiger partial charge in [-0.3, -0.25) is 0 Å². The molecule has 2 N–H and O–H groups in total. The topological polar surface area (TPSA) is 33.3 Å². The van der Waals surface area contributed by atoms with E-state index >= 15 is 0 Å². The molecule has 2 aromatic rings. The molecule has 118 valence electrons. The molecule has 0 aromatic heterocycles. The van der Waals surface area contributed by atoms with Gasteiger partial charge in [-0.1, -0.05) is 31.2 Å². The van der Waals surface area contributed by atoms with E-state index < -0.39 is 0 Å². The first-order chi connectivity index (χ1) is 10.7. The minimum Gasteiger partial charge on any atom is -0.494 e. The molecule has 0 unspecified atom stereocenters. The summed E-state index contributed by atoms with van der Waals surface area (Å²) in [7, 11) is 0. The molecule has 22 heavy (non-hydrogen) atoms. The first kappa shape index (κ1) is 16.2. The average Bonchev–Trinajstić information content (AvgIpc) is 2.52. The monoisotopic (exact) mass is 298 g/mol. The first-order valence-electron chi connectivity index (χ1n) is 7.97. The average molecular weight is 298 g/mol. The van der Waals surface area contributed by atoms with Crippen LogP contribution in [0.3, 0.4) is 0 Å². The van der Waals surface area contributed by atoms with Crippen LogP contribution in [0.2, 0.25) is 0 Å². The standard InChI is InChI=1S/C19H26N2O/c1-4-13-22-18-10-6-9-17(14-18)20-11-12-21-19-15(2)7-5-8-16(19)3/h5-10,14,20-21H,4,11-13H2,1-3H3. The number of hydrogen-bond acceptors (Lipinski definition) is 3. The molecule has 2 rings (SSSR count). The van der Waals surface area contributed by atoms with Gasteiger partial charge < -0.3 is 15.4 Å². The van der Waals surface area contributed by atoms with E-state index in [-0.39, 0.29) is 0 Å². The number of anilines is 2. The fraction of sp³-hybridized carbons (Fsp3) is 0.368. The highest BCUT2D eigenvalue weighted by Crippen LogP contribution is 2.19. The molecule has 0 fully saturated rings. The summed E-state index contributed by atoms with van der Waals surface area (Å²) in [5.74, 6) is 0.926. The van der Waals surface area contributed by atoms with Crippen LogP contribution in [-0.2, 0) is 0 Å². The maximum atomic E-state index is 5.65. The zero-order chi connectivity index (χ0) is 15.8. The van der Waals surface area contributed by atoms with Crippen molar-refractivity contribution < 1.29 is 4.74 Å². The zero-order valence-corrected chi connectivity index (χ0v) is 13.8. The molecule has 3 heteroatoms. The summed E-state index contributed by atoms with van der Waals surface area (Å²) in [5.41, 5.74) is 4.91. The van der Waals surface area contributed by atoms with Gasteiger partial charge in [-0.15, -0.1) is 0 Å². The van der Waals surface area contributed by atoms with E-state index in [1.54, 1.807) is 0 Å². The number of para-hydroxylation sites is 1. The zero-order valence-electron chi connectivity index (χ0n) is 13.8. The van der Waals surface area contributed by atoms with Gasteiger partial charge in [-0.2, -0.15) is 0 Å². The van der Waals surface area contributed by atoms with Crippen LogP contribution in [0, 0.1) is 13.8 Å². The predicted octanol–water partition coefficient (Wildman–Crippen LogP) is 4.62. The Morgan fingerprint density at radius 1 is 0.909 bits per heavy atom. The van der Waals surface area contributed by atoms with Crippen LogP contribution < -0.4 is 15.4 Å². The lowest BCUT2D eigenvalue weighted by Gasteiger charge is -2.14. The van der Waals surface area contributed by atoms with Crippen LogP contribution >= 0.6 is 0 Å². The maximum Gasteiger partial charge on any atom is 0.121 e. The third-order valence-corrected chi connectivity index (χ3v) is 3.54. The van der Waals surface area contributed by atoms with Crippen LogP contribution in [0.4, 0.5) is 11.4 Å². The van der Waals surface area contributed by atoms with Crippen molar-refractivity contribution in [3.05, 3.63) is 53.6 Å². The summed E-state index contributed by atoms with van der Waals surface area (Å²) in [6.45, 7) is 8.89. The van der Waals surface area contributed by atoms with Crippen molar-refractivity contribution in [1.29, 1.82) is 0 Å². The number of nitrogens with one attached hydrogen (secondary N) is 2. The lowest BCUT2D eigenvalue weighted by molar-refractivity contribution is 0.317. The van der Waals surface area contributed by atoms with Gasteiger partial charge in [0.2, 0.25) is 0 Å². The summed E-state index contributed by atoms with van der Waals surface area (Å²) < 4.78 is 5.65. The van der Waals surface area contributed by atoms with E-state index in [0.717, 1.165) is 37.6 Å². The Morgan fingerprint density at radius 2 is 1.59 bits per heavy atom. The SMILES string of the molecule is CCCOc1cccc(NCCNc2c(C)cccc2C)c1. The molecule has 0 aliphatic rings. The van der Waals surface area contributed by atoms with Gasteiger partial charge in [0.05, 0.1) is 6.61 Å². The van der Waals surface area contributed by atoms with Gasteiger partial charge >= 0.3 is 0 Å². The normalized spacial score (nSPS) is 10.3. The lowest BCUT2D eigenvalue weighted by atomic mass is 10.1. The number of aryl methyl sites for hydroxylation is 2. The van der Waals surface area contributed by atoms with Crippen molar-refractivity contribution in [2.45, 2.75) is 27.2 Å². The molecular formula is C19H26N2O. The Morgan fingerprint density at radius 3 is 2.32 bits per heavy atom. The van der Waals surface area contributed by atoms with E-state index in [1.807, 2.05) is 12.1 Å². The molecule has 0 bridgehead atoms. The van der Waals surface area contributed by atoms with Crippen LogP contribution in [0.25, 0.3) is 0 Å². The summed E-state index contributed by atoms with van der Waals surface area (Å²) in [6.07, 6.45) is 1.03. The Hall–Kier alpha value is -2.16. The third kappa shape index (κ3) is 4.69. The minimum absolute atomic E-state index is 0.761. The summed E-state index contributed by atoms with van der Waals surface area (Å²) in [5, 5.41) is 6.93. The Bertz CT molecular complexity index is 575. The number of ether oxygens (including phenoxy) is 1. The molecule has 0 spiro atoms. The third-order valence-electron chi connectivity index (χ3n) is 3.54. The lowest BCUT2D eigenvalue weighted by Crippen LogP contribution is -2.14. The molecule has 0 amide bonds. The highest BCUT2D eigenvalue weighted by atomic mass is 16.5. The smallest absolute Gasteiger partial charge is 0.121 e. The minimum atomic E-state index is 0.761. The van der Waals surface area contributed by atoms with Crippen molar-refractivity contribution >= 4 is 11.4 Å². The fourth-order valence-corrected chi connectivity index (χ4v) is 2.40. The molecule has 3 nitrogen and oxygen atoms in total. The number of hydrogen-bond donors (Lipinski definition) is 2. The molecule has 0 heterocycles. The van der Waals surface area contributed by atoms with Gasteiger partial charge in [-0.25, -0.2) is 0 Å². The summed E-state index contributed by atoms with van der Waals surface area (Å²) >= 11 is 0. The predicted molar refractivity (Wildman–Crippen MR) is 95.1 cm³/mol. The molecule has 0 aliphatic carbocycles. The van der Waals surface area contributed by atoms with E-state index in [2.05, 4.69) is 61.7 Å². The first-order valence-corrected chi connectivity index (χ1v) is 7.97. The fourth-order valence-electron chi connectivity index (χ4n) is 2.40. The molecule has 0 aliphatic heterocycles. The van der Waals surface area contributed by atoms with Crippen molar-refractivity contribution in [3.8, 4) is 5.75 Å². The van der Waals surface area contributed by atoms with Gasteiger partial charge in [0.15, 0.2) is 0 Å². The van der Waals surface area contributed by atoms with Gasteiger partial charge in [0.25, 0.3) is 0 Å². The second-order valence-corrected chi connectivity index (χ2v) is 5.50. The van der Waals surface area contributed by atoms with Crippen molar-refractivity contribution in [2.24, 2.45) is 0 Å². The molecule has 2 aromatic carbocycles. The van der Waals surface area contributed by atoms with Crippen LogP contribution in [0.1, 0.15) is 24.5 Å². The van der Waals surface area contributed by atoms with Crippen LogP contribution in [-0.4, -0.2) is 19.7 Å². The van der Waals surface area contributed by atoms with E-state index in [0.29, 0.717) is 0 Å². The summed E-state index contributed by atoms with van der Waals surface area (Å²) in [6, 6.07) is 14.5. The second kappa shape index (κ2) is 8.32. The maximum absolute atomic E-state index is 5.65. The molecule has 0 saturated carbocycles. The molecule has 0 saturated heterocycles. The Balaban J connectivity index is 1.81. The second-order valence-electron chi connectivity index (χ2n) is 5.50. The largest absolute Gasteiger partial charge is 0.494 e. The van der Waals surface area contributed by atoms with Crippen molar-refractivity contribution in [1.82, 2.24) is 0 Å². The van der Waals surface area contributed by atoms with E-state index in [4.69, 9.17) is 4.74 Å². The van der Waals surface area contributed by atoms with Crippen LogP contribution in [0.5, 0.6) is 5.75 Å². The highest BCUT2D eigenvalue weighted by molar-refractivity contribution is 5.56. The molecule has 0 radical (unpaired) electrons. The van der Waals surface area contributed by atoms with Crippen molar-refractivity contribution in [3.63, 3.8) is 0 Å². The molecular weight excluding hydrogens is 272 g/mol. The van der Waals surface area contributed by atoms with Gasteiger partial charge in [0, 0.05) is 30.5 Å². The summed E-state index contributed by atoms with van der Waals surface area (Å²) in [4.78, 5) is 0. The van der Waals surface area contributed by atoms with Crippen molar-refractivity contribution in [2.75, 3.05) is 30.3 Å². The highest BCUT2D eigenvalue weighted by Gasteiger charge is 2.01. The molecule has 0 atom stereocenters. The number of benzene rings is 2. The quantitative estimate of drug-likeness (QED) is 0.698. The van der Waals surface area contributed by atoms with Gasteiger partial charge in [-0.05, 0) is 43.5 Å². The van der Waals surface area contributed by atoms with Gasteiger partial charge in [0.1, 0.15) is 5.75 Å². The van der Waals surface area contributed by atoms with E-state index in [9.17, 15) is 0 Å². The van der Waals surface area contributed by atoms with Crippen LogP contribution in [0.15, 0.2) is 42.5 Å². The Kier molecular flexibility index (Phi) is 6.13. The van der Waals surface area contributed by atoms with E-state index in [1.165, 1.54) is 16.8 Å². The Labute approximate surface area is 133 Å². The number of rotatable bonds is 8.